The average Bonchev–Trinajstić information content (AvgIpc) is 2.87. The Morgan fingerprint density at radius 1 is 1.33 bits per heavy atom. The van der Waals surface area contributed by atoms with Crippen LogP contribution in [0.1, 0.15) is 17.0 Å². The smallest absolute Gasteiger partial charge is 0.417 e. The minimum Gasteiger partial charge on any atom is -0.439 e. The number of likely N-dealkylation sites (tertiary alicyclic amines) is 1. The molecule has 0 aromatic carbocycles. The molecule has 8 nitrogen and oxygen atoms in total. The minimum atomic E-state index is -0.622. The predicted octanol–water partition coefficient (Wildman–Crippen LogP) is 0.0235. The third kappa shape index (κ3) is 2.26. The summed E-state index contributed by atoms with van der Waals surface area (Å²) in [5.74, 6) is 0.222. The number of imide groups is 1. The van der Waals surface area contributed by atoms with E-state index in [1.807, 2.05) is 0 Å². The third-order valence-electron chi connectivity index (χ3n) is 3.87. The molecular weight excluding hydrogens is 278 g/mol. The van der Waals surface area contributed by atoms with Gasteiger partial charge in [0.05, 0.1) is 18.2 Å². The van der Waals surface area contributed by atoms with E-state index in [4.69, 9.17) is 4.52 Å². The van der Waals surface area contributed by atoms with Crippen molar-refractivity contribution in [1.82, 2.24) is 15.0 Å². The lowest BCUT2D eigenvalue weighted by atomic mass is 10.0. The molecule has 0 saturated carbocycles. The Labute approximate surface area is 120 Å². The first-order valence-electron chi connectivity index (χ1n) is 6.65. The zero-order valence-electron chi connectivity index (χ0n) is 11.8. The van der Waals surface area contributed by atoms with Crippen molar-refractivity contribution in [2.75, 3.05) is 19.7 Å². The van der Waals surface area contributed by atoms with Crippen LogP contribution in [0.3, 0.4) is 0 Å². The van der Waals surface area contributed by atoms with Crippen molar-refractivity contribution >= 4 is 17.9 Å². The highest BCUT2D eigenvalue weighted by Crippen LogP contribution is 2.21. The first-order chi connectivity index (χ1) is 9.97. The summed E-state index contributed by atoms with van der Waals surface area (Å²) in [5.41, 5.74) is 1.50. The second kappa shape index (κ2) is 4.87. The summed E-state index contributed by atoms with van der Waals surface area (Å²) < 4.78 is 9.68. The number of hydrogen-bond donors (Lipinski definition) is 0. The second-order valence-electron chi connectivity index (χ2n) is 5.25. The highest BCUT2D eigenvalue weighted by atomic mass is 16.6. The van der Waals surface area contributed by atoms with Gasteiger partial charge in [0.2, 0.25) is 5.91 Å². The van der Waals surface area contributed by atoms with Gasteiger partial charge in [0.1, 0.15) is 5.76 Å². The quantitative estimate of drug-likeness (QED) is 0.780. The van der Waals surface area contributed by atoms with Crippen LogP contribution in [0.2, 0.25) is 0 Å². The Bertz CT molecular complexity index is 582. The van der Waals surface area contributed by atoms with Crippen LogP contribution in [0.25, 0.3) is 0 Å². The van der Waals surface area contributed by atoms with Crippen LogP contribution in [0, 0.1) is 13.8 Å². The van der Waals surface area contributed by atoms with Gasteiger partial charge < -0.3 is 14.2 Å². The summed E-state index contributed by atoms with van der Waals surface area (Å²) >= 11 is 0. The summed E-state index contributed by atoms with van der Waals surface area (Å²) in [4.78, 5) is 37.8. The van der Waals surface area contributed by atoms with Crippen molar-refractivity contribution in [3.63, 3.8) is 0 Å². The van der Waals surface area contributed by atoms with Crippen molar-refractivity contribution in [1.29, 1.82) is 0 Å². The van der Waals surface area contributed by atoms with E-state index in [1.165, 1.54) is 0 Å². The van der Waals surface area contributed by atoms with Gasteiger partial charge in [0.25, 0.3) is 5.91 Å². The first-order valence-corrected chi connectivity index (χ1v) is 6.65. The number of nitrogens with zero attached hydrogens (tertiary/aromatic N) is 3. The normalized spacial score (nSPS) is 19.0. The molecule has 2 fully saturated rings. The Balaban J connectivity index is 1.58. The predicted molar refractivity (Wildman–Crippen MR) is 68.2 cm³/mol. The monoisotopic (exact) mass is 293 g/mol. The fourth-order valence-electron chi connectivity index (χ4n) is 2.56. The zero-order valence-corrected chi connectivity index (χ0v) is 11.8. The molecule has 0 spiro atoms. The van der Waals surface area contributed by atoms with E-state index < -0.39 is 6.09 Å². The van der Waals surface area contributed by atoms with Crippen LogP contribution in [0.5, 0.6) is 0 Å². The summed E-state index contributed by atoms with van der Waals surface area (Å²) in [7, 11) is 0. The molecule has 2 saturated heterocycles. The van der Waals surface area contributed by atoms with Crippen LogP contribution in [0.4, 0.5) is 4.79 Å². The lowest BCUT2D eigenvalue weighted by molar-refractivity contribution is -0.141. The van der Waals surface area contributed by atoms with Gasteiger partial charge in [0.15, 0.2) is 6.61 Å². The first kappa shape index (κ1) is 13.6. The van der Waals surface area contributed by atoms with E-state index in [1.54, 1.807) is 18.7 Å². The van der Waals surface area contributed by atoms with E-state index in [9.17, 15) is 14.4 Å². The Hall–Kier alpha value is -2.38. The molecule has 21 heavy (non-hydrogen) atoms. The highest BCUT2D eigenvalue weighted by molar-refractivity contribution is 5.98. The SMILES string of the molecule is Cc1noc(C)c1CC(=O)N1CC(N2C(=O)COC2=O)C1. The number of rotatable bonds is 3. The van der Waals surface area contributed by atoms with E-state index in [0.717, 1.165) is 10.5 Å². The maximum Gasteiger partial charge on any atom is 0.417 e. The van der Waals surface area contributed by atoms with Crippen LogP contribution in [-0.4, -0.2) is 58.6 Å². The summed E-state index contributed by atoms with van der Waals surface area (Å²) in [6.45, 7) is 4.05. The van der Waals surface area contributed by atoms with Crippen LogP contribution in [0.15, 0.2) is 4.52 Å². The third-order valence-corrected chi connectivity index (χ3v) is 3.87. The fraction of sp³-hybridized carbons (Fsp3) is 0.538. The molecule has 1 aromatic rings. The van der Waals surface area contributed by atoms with Gasteiger partial charge >= 0.3 is 6.09 Å². The summed E-state index contributed by atoms with van der Waals surface area (Å²) in [5, 5.41) is 3.81. The fourth-order valence-corrected chi connectivity index (χ4v) is 2.56. The van der Waals surface area contributed by atoms with Crippen molar-refractivity contribution in [3.05, 3.63) is 17.0 Å². The van der Waals surface area contributed by atoms with E-state index in [-0.39, 0.29) is 30.9 Å². The molecule has 3 amide bonds. The molecule has 3 heterocycles. The Morgan fingerprint density at radius 3 is 2.57 bits per heavy atom. The molecule has 0 aliphatic carbocycles. The largest absolute Gasteiger partial charge is 0.439 e. The number of aryl methyl sites for hydroxylation is 2. The standard InChI is InChI=1S/C13H15N3O5/c1-7-10(8(2)21-14-7)3-11(17)15-4-9(5-15)16-12(18)6-20-13(16)19/h9H,3-6H2,1-2H3. The van der Waals surface area contributed by atoms with Gasteiger partial charge in [-0.2, -0.15) is 0 Å². The van der Waals surface area contributed by atoms with Crippen LogP contribution >= 0.6 is 0 Å². The molecular formula is C13H15N3O5. The van der Waals surface area contributed by atoms with Gasteiger partial charge in [-0.3, -0.25) is 9.59 Å². The second-order valence-corrected chi connectivity index (χ2v) is 5.25. The topological polar surface area (TPSA) is 93.0 Å². The minimum absolute atomic E-state index is 0.0688. The summed E-state index contributed by atoms with van der Waals surface area (Å²) in [6.07, 6.45) is -0.408. The molecule has 2 aliphatic heterocycles. The number of ether oxygens (including phenoxy) is 1. The number of carbonyl (C=O) groups is 3. The highest BCUT2D eigenvalue weighted by Gasteiger charge is 2.44. The van der Waals surface area contributed by atoms with Crippen molar-refractivity contribution < 1.29 is 23.6 Å². The number of aromatic nitrogens is 1. The Morgan fingerprint density at radius 2 is 2.05 bits per heavy atom. The van der Waals surface area contributed by atoms with Gasteiger partial charge in [-0.15, -0.1) is 0 Å². The number of amides is 3. The number of hydrogen-bond acceptors (Lipinski definition) is 6. The molecule has 8 heteroatoms. The van der Waals surface area contributed by atoms with Crippen LogP contribution in [-0.2, 0) is 20.7 Å². The molecule has 1 aromatic heterocycles. The molecule has 0 radical (unpaired) electrons. The van der Waals surface area contributed by atoms with Crippen LogP contribution < -0.4 is 0 Å². The Kier molecular flexibility index (Phi) is 3.15. The number of cyclic esters (lactones) is 1. The molecule has 0 N–H and O–H groups in total. The van der Waals surface area contributed by atoms with Gasteiger partial charge in [-0.25, -0.2) is 9.69 Å². The maximum absolute atomic E-state index is 12.2. The lowest BCUT2D eigenvalue weighted by Gasteiger charge is -2.42. The van der Waals surface area contributed by atoms with E-state index in [2.05, 4.69) is 9.89 Å². The summed E-state index contributed by atoms with van der Waals surface area (Å²) in [6, 6.07) is -0.277. The van der Waals surface area contributed by atoms with Crippen molar-refractivity contribution in [2.45, 2.75) is 26.3 Å². The molecule has 0 bridgehead atoms. The van der Waals surface area contributed by atoms with E-state index >= 15 is 0 Å². The lowest BCUT2D eigenvalue weighted by Crippen LogP contribution is -2.62. The van der Waals surface area contributed by atoms with E-state index in [0.29, 0.717) is 24.5 Å². The molecule has 0 atom stereocenters. The molecule has 112 valence electrons. The van der Waals surface area contributed by atoms with Crippen molar-refractivity contribution in [3.8, 4) is 0 Å². The average molecular weight is 293 g/mol. The molecule has 3 rings (SSSR count). The van der Waals surface area contributed by atoms with Crippen molar-refractivity contribution in [2.24, 2.45) is 0 Å². The molecule has 0 unspecified atom stereocenters. The zero-order chi connectivity index (χ0) is 15.1. The van der Waals surface area contributed by atoms with Gasteiger partial charge in [0, 0.05) is 18.7 Å². The van der Waals surface area contributed by atoms with Gasteiger partial charge in [-0.1, -0.05) is 5.16 Å². The number of carbonyl (C=O) groups excluding carboxylic acids is 3. The maximum atomic E-state index is 12.2. The van der Waals surface area contributed by atoms with Gasteiger partial charge in [-0.05, 0) is 13.8 Å². The molecule has 2 aliphatic rings.